The molecule has 0 radical (unpaired) electrons. The van der Waals surface area contributed by atoms with E-state index in [0.29, 0.717) is 12.5 Å². The van der Waals surface area contributed by atoms with Crippen LogP contribution in [0.4, 0.5) is 4.79 Å². The first-order valence-electron chi connectivity index (χ1n) is 5.02. The minimum Gasteiger partial charge on any atom is -0.444 e. The molecule has 0 unspecified atom stereocenters. The van der Waals surface area contributed by atoms with E-state index < -0.39 is 5.60 Å². The van der Waals surface area contributed by atoms with Crippen LogP contribution in [-0.2, 0) is 4.74 Å². The molecule has 0 bridgehead atoms. The monoisotopic (exact) mass is 201 g/mol. The van der Waals surface area contributed by atoms with Crippen molar-refractivity contribution in [2.24, 2.45) is 5.92 Å². The van der Waals surface area contributed by atoms with Crippen LogP contribution in [0.5, 0.6) is 0 Å². The standard InChI is InChI=1S/C10H19NO3/c1-10(2,3)14-9(13)11-6-7-4-8(12)5-7/h7-8,12H,4-6H2,1-3H3,(H,11,13)/t7-,8-. The maximum absolute atomic E-state index is 11.2. The number of hydrogen-bond donors (Lipinski definition) is 2. The number of hydrogen-bond acceptors (Lipinski definition) is 3. The first kappa shape index (κ1) is 11.3. The SMILES string of the molecule is CC(C)(C)OC(=O)NC[C@H]1C[C@H](O)C1. The van der Waals surface area contributed by atoms with Crippen LogP contribution in [-0.4, -0.2) is 29.4 Å². The Morgan fingerprint density at radius 2 is 2.07 bits per heavy atom. The van der Waals surface area contributed by atoms with Crippen molar-refractivity contribution in [3.63, 3.8) is 0 Å². The Bertz CT molecular complexity index is 204. The Morgan fingerprint density at radius 1 is 1.50 bits per heavy atom. The summed E-state index contributed by atoms with van der Waals surface area (Å²) in [5, 5.41) is 11.7. The van der Waals surface area contributed by atoms with Gasteiger partial charge in [-0.1, -0.05) is 0 Å². The number of ether oxygens (including phenoxy) is 1. The summed E-state index contributed by atoms with van der Waals surface area (Å²) in [5.74, 6) is 0.414. The average molecular weight is 201 g/mol. The maximum atomic E-state index is 11.2. The lowest BCUT2D eigenvalue weighted by atomic mass is 9.82. The van der Waals surface area contributed by atoms with Crippen molar-refractivity contribution in [2.45, 2.75) is 45.3 Å². The number of carbonyl (C=O) groups excluding carboxylic acids is 1. The van der Waals surface area contributed by atoms with Crippen LogP contribution >= 0.6 is 0 Å². The number of rotatable bonds is 2. The highest BCUT2D eigenvalue weighted by Gasteiger charge is 2.27. The van der Waals surface area contributed by atoms with E-state index in [2.05, 4.69) is 5.32 Å². The fourth-order valence-corrected chi connectivity index (χ4v) is 1.41. The van der Waals surface area contributed by atoms with Gasteiger partial charge in [-0.25, -0.2) is 4.79 Å². The molecule has 1 saturated carbocycles. The molecule has 14 heavy (non-hydrogen) atoms. The van der Waals surface area contributed by atoms with Gasteiger partial charge in [0.1, 0.15) is 5.60 Å². The highest BCUT2D eigenvalue weighted by Crippen LogP contribution is 2.26. The van der Waals surface area contributed by atoms with Gasteiger partial charge in [-0.2, -0.15) is 0 Å². The molecule has 0 atom stereocenters. The molecule has 4 nitrogen and oxygen atoms in total. The van der Waals surface area contributed by atoms with E-state index in [0.717, 1.165) is 12.8 Å². The van der Waals surface area contributed by atoms with Gasteiger partial charge in [0.25, 0.3) is 0 Å². The van der Waals surface area contributed by atoms with E-state index in [1.165, 1.54) is 0 Å². The van der Waals surface area contributed by atoms with E-state index in [1.807, 2.05) is 20.8 Å². The average Bonchev–Trinajstić information content (AvgIpc) is 1.92. The predicted octanol–water partition coefficient (Wildman–Crippen LogP) is 1.28. The lowest BCUT2D eigenvalue weighted by molar-refractivity contribution is 0.0319. The molecule has 0 saturated heterocycles. The Kier molecular flexibility index (Phi) is 3.37. The summed E-state index contributed by atoms with van der Waals surface area (Å²) >= 11 is 0. The van der Waals surface area contributed by atoms with E-state index in [4.69, 9.17) is 9.84 Å². The van der Waals surface area contributed by atoms with E-state index in [9.17, 15) is 4.79 Å². The molecule has 1 rings (SSSR count). The first-order valence-corrected chi connectivity index (χ1v) is 5.02. The molecule has 1 amide bonds. The largest absolute Gasteiger partial charge is 0.444 e. The Balaban J connectivity index is 2.10. The molecule has 0 aliphatic heterocycles. The van der Waals surface area contributed by atoms with Gasteiger partial charge in [0.05, 0.1) is 6.10 Å². The Labute approximate surface area is 84.6 Å². The molecule has 2 N–H and O–H groups in total. The second-order valence-corrected chi connectivity index (χ2v) is 4.87. The molecular formula is C10H19NO3. The van der Waals surface area contributed by atoms with Gasteiger partial charge in [0.2, 0.25) is 0 Å². The molecule has 0 spiro atoms. The number of carbonyl (C=O) groups is 1. The molecule has 82 valence electrons. The molecule has 1 aliphatic rings. The second kappa shape index (κ2) is 4.17. The molecule has 0 heterocycles. The van der Waals surface area contributed by atoms with E-state index in [1.54, 1.807) is 0 Å². The highest BCUT2D eigenvalue weighted by atomic mass is 16.6. The number of aliphatic hydroxyl groups is 1. The first-order chi connectivity index (χ1) is 6.37. The summed E-state index contributed by atoms with van der Waals surface area (Å²) in [7, 11) is 0. The van der Waals surface area contributed by atoms with Crippen molar-refractivity contribution >= 4 is 6.09 Å². The van der Waals surface area contributed by atoms with Crippen molar-refractivity contribution in [1.82, 2.24) is 5.32 Å². The number of aliphatic hydroxyl groups excluding tert-OH is 1. The summed E-state index contributed by atoms with van der Waals surface area (Å²) in [5.41, 5.74) is -0.441. The minimum atomic E-state index is -0.441. The van der Waals surface area contributed by atoms with Crippen molar-refractivity contribution < 1.29 is 14.6 Å². The molecule has 4 heteroatoms. The predicted molar refractivity (Wildman–Crippen MR) is 53.0 cm³/mol. The number of amides is 1. The number of alkyl carbamates (subject to hydrolysis) is 1. The van der Waals surface area contributed by atoms with Crippen molar-refractivity contribution in [3.8, 4) is 0 Å². The van der Waals surface area contributed by atoms with Crippen LogP contribution < -0.4 is 5.32 Å². The zero-order chi connectivity index (χ0) is 10.8. The second-order valence-electron chi connectivity index (χ2n) is 4.87. The molecule has 0 aromatic rings. The molecular weight excluding hydrogens is 182 g/mol. The van der Waals surface area contributed by atoms with Crippen molar-refractivity contribution in [3.05, 3.63) is 0 Å². The fraction of sp³-hybridized carbons (Fsp3) is 0.900. The zero-order valence-electron chi connectivity index (χ0n) is 9.04. The van der Waals surface area contributed by atoms with Crippen LogP contribution in [0.3, 0.4) is 0 Å². The molecule has 1 aliphatic carbocycles. The smallest absolute Gasteiger partial charge is 0.407 e. The van der Waals surface area contributed by atoms with E-state index in [-0.39, 0.29) is 12.2 Å². The lowest BCUT2D eigenvalue weighted by Gasteiger charge is -2.31. The topological polar surface area (TPSA) is 58.6 Å². The third kappa shape index (κ3) is 3.96. The lowest BCUT2D eigenvalue weighted by Crippen LogP contribution is -2.40. The summed E-state index contributed by atoms with van der Waals surface area (Å²) in [6, 6.07) is 0. The molecule has 1 fully saturated rings. The summed E-state index contributed by atoms with van der Waals surface area (Å²) < 4.78 is 5.07. The number of nitrogens with one attached hydrogen (secondary N) is 1. The third-order valence-electron chi connectivity index (χ3n) is 2.14. The van der Waals surface area contributed by atoms with Crippen LogP contribution in [0.25, 0.3) is 0 Å². The van der Waals surface area contributed by atoms with Gasteiger partial charge in [0, 0.05) is 6.54 Å². The fourth-order valence-electron chi connectivity index (χ4n) is 1.41. The zero-order valence-corrected chi connectivity index (χ0v) is 9.04. The maximum Gasteiger partial charge on any atom is 0.407 e. The van der Waals surface area contributed by atoms with Gasteiger partial charge in [-0.3, -0.25) is 0 Å². The highest BCUT2D eigenvalue weighted by molar-refractivity contribution is 5.67. The molecule has 0 aromatic carbocycles. The summed E-state index contributed by atoms with van der Waals surface area (Å²) in [6.07, 6.45) is 1.03. The van der Waals surface area contributed by atoms with Gasteiger partial charge in [0.15, 0.2) is 0 Å². The van der Waals surface area contributed by atoms with Crippen molar-refractivity contribution in [1.29, 1.82) is 0 Å². The van der Waals surface area contributed by atoms with Crippen LogP contribution in [0.1, 0.15) is 33.6 Å². The Morgan fingerprint density at radius 3 is 2.50 bits per heavy atom. The van der Waals surface area contributed by atoms with Crippen LogP contribution in [0, 0.1) is 5.92 Å². The normalized spacial score (nSPS) is 26.6. The van der Waals surface area contributed by atoms with Gasteiger partial charge < -0.3 is 15.2 Å². The van der Waals surface area contributed by atoms with E-state index >= 15 is 0 Å². The molecule has 0 aromatic heterocycles. The summed E-state index contributed by atoms with van der Waals surface area (Å²) in [6.45, 7) is 6.10. The van der Waals surface area contributed by atoms with Crippen LogP contribution in [0.15, 0.2) is 0 Å². The quantitative estimate of drug-likeness (QED) is 0.707. The Hall–Kier alpha value is -0.770. The van der Waals surface area contributed by atoms with Gasteiger partial charge >= 0.3 is 6.09 Å². The van der Waals surface area contributed by atoms with Crippen molar-refractivity contribution in [2.75, 3.05) is 6.54 Å². The summed E-state index contributed by atoms with van der Waals surface area (Å²) in [4.78, 5) is 11.2. The van der Waals surface area contributed by atoms with Gasteiger partial charge in [-0.05, 0) is 39.5 Å². The van der Waals surface area contributed by atoms with Gasteiger partial charge in [-0.15, -0.1) is 0 Å². The minimum absolute atomic E-state index is 0.166. The van der Waals surface area contributed by atoms with Crippen LogP contribution in [0.2, 0.25) is 0 Å². The third-order valence-corrected chi connectivity index (χ3v) is 2.14.